The molecule has 3 rings (SSSR count). The quantitative estimate of drug-likeness (QED) is 0.641. The highest BCUT2D eigenvalue weighted by Crippen LogP contribution is 2.25. The first kappa shape index (κ1) is 11.5. The van der Waals surface area contributed by atoms with Crippen molar-refractivity contribution in [2.24, 2.45) is 0 Å². The van der Waals surface area contributed by atoms with Gasteiger partial charge in [0.15, 0.2) is 4.77 Å². The molecule has 0 saturated heterocycles. The lowest BCUT2D eigenvalue weighted by Gasteiger charge is -2.06. The molecule has 4 heteroatoms. The summed E-state index contributed by atoms with van der Waals surface area (Å²) in [6, 6.07) is 13.9. The van der Waals surface area contributed by atoms with Crippen LogP contribution in [0.4, 0.5) is 0 Å². The molecule has 3 aromatic rings. The summed E-state index contributed by atoms with van der Waals surface area (Å²) in [4.78, 5) is 3.20. The van der Waals surface area contributed by atoms with E-state index in [-0.39, 0.29) is 0 Å². The van der Waals surface area contributed by atoms with Crippen molar-refractivity contribution in [3.05, 3.63) is 57.8 Å². The molecule has 0 radical (unpaired) electrons. The van der Waals surface area contributed by atoms with Gasteiger partial charge in [-0.15, -0.1) is 0 Å². The number of halogens is 1. The zero-order valence-electron chi connectivity index (χ0n) is 9.77. The van der Waals surface area contributed by atoms with Crippen LogP contribution in [0.15, 0.2) is 42.5 Å². The van der Waals surface area contributed by atoms with Crippen molar-refractivity contribution < 1.29 is 0 Å². The Labute approximate surface area is 115 Å². The fraction of sp³-hybridized carbons (Fsp3) is 0.0714. The summed E-state index contributed by atoms with van der Waals surface area (Å²) in [7, 11) is 0. The third-order valence-electron chi connectivity index (χ3n) is 2.93. The van der Waals surface area contributed by atoms with Crippen molar-refractivity contribution in [3.63, 3.8) is 0 Å². The van der Waals surface area contributed by atoms with Gasteiger partial charge in [0.1, 0.15) is 0 Å². The van der Waals surface area contributed by atoms with Crippen molar-refractivity contribution in [3.8, 4) is 5.69 Å². The van der Waals surface area contributed by atoms with Gasteiger partial charge in [-0.05, 0) is 49.0 Å². The number of imidazole rings is 1. The summed E-state index contributed by atoms with van der Waals surface area (Å²) in [5, 5.41) is 0.691. The Bertz CT molecular complexity index is 786. The third kappa shape index (κ3) is 1.76. The van der Waals surface area contributed by atoms with Gasteiger partial charge in [-0.2, -0.15) is 0 Å². The average Bonchev–Trinajstić information content (AvgIpc) is 2.66. The number of benzene rings is 2. The van der Waals surface area contributed by atoms with E-state index in [1.54, 1.807) is 0 Å². The van der Waals surface area contributed by atoms with Crippen LogP contribution < -0.4 is 0 Å². The molecule has 18 heavy (non-hydrogen) atoms. The number of H-pyrrole nitrogens is 1. The highest BCUT2D eigenvalue weighted by molar-refractivity contribution is 7.71. The Morgan fingerprint density at radius 1 is 1.17 bits per heavy atom. The molecular formula is C14H11ClN2S. The minimum atomic E-state index is 0.656. The zero-order valence-corrected chi connectivity index (χ0v) is 11.3. The van der Waals surface area contributed by atoms with Crippen LogP contribution in [0, 0.1) is 11.7 Å². The Morgan fingerprint density at radius 2 is 1.94 bits per heavy atom. The van der Waals surface area contributed by atoms with Crippen molar-refractivity contribution in [2.75, 3.05) is 0 Å². The molecule has 0 atom stereocenters. The standard InChI is InChI=1S/C14H11ClN2S/c1-9-6-7-11-13(8-9)17(14(18)16-11)12-5-3-2-4-10(12)15/h2-8H,1H3,(H,16,18). The van der Waals surface area contributed by atoms with Crippen LogP contribution in [0.2, 0.25) is 5.02 Å². The summed E-state index contributed by atoms with van der Waals surface area (Å²) >= 11 is 11.6. The number of aromatic nitrogens is 2. The summed E-state index contributed by atoms with van der Waals surface area (Å²) in [6.45, 7) is 2.06. The van der Waals surface area contributed by atoms with Gasteiger partial charge in [0.05, 0.1) is 21.7 Å². The van der Waals surface area contributed by atoms with Gasteiger partial charge in [-0.1, -0.05) is 29.8 Å². The second kappa shape index (κ2) is 4.26. The average molecular weight is 275 g/mol. The number of hydrogen-bond acceptors (Lipinski definition) is 1. The minimum Gasteiger partial charge on any atom is -0.330 e. The SMILES string of the molecule is Cc1ccc2[nH]c(=S)n(-c3ccccc3Cl)c2c1. The van der Waals surface area contributed by atoms with E-state index in [4.69, 9.17) is 23.8 Å². The van der Waals surface area contributed by atoms with Gasteiger partial charge in [0.2, 0.25) is 0 Å². The van der Waals surface area contributed by atoms with Crippen LogP contribution in [-0.2, 0) is 0 Å². The molecular weight excluding hydrogens is 264 g/mol. The number of rotatable bonds is 1. The molecule has 0 saturated carbocycles. The summed E-state index contributed by atoms with van der Waals surface area (Å²) in [6.07, 6.45) is 0. The van der Waals surface area contributed by atoms with Gasteiger partial charge >= 0.3 is 0 Å². The molecule has 0 aliphatic carbocycles. The third-order valence-corrected chi connectivity index (χ3v) is 3.54. The van der Waals surface area contributed by atoms with E-state index in [0.717, 1.165) is 16.7 Å². The van der Waals surface area contributed by atoms with Crippen LogP contribution in [0.5, 0.6) is 0 Å². The molecule has 0 amide bonds. The first-order valence-electron chi connectivity index (χ1n) is 5.63. The van der Waals surface area contributed by atoms with Gasteiger partial charge in [-0.25, -0.2) is 0 Å². The fourth-order valence-electron chi connectivity index (χ4n) is 2.09. The van der Waals surface area contributed by atoms with E-state index < -0.39 is 0 Å². The first-order chi connectivity index (χ1) is 8.66. The highest BCUT2D eigenvalue weighted by Gasteiger charge is 2.09. The van der Waals surface area contributed by atoms with Gasteiger partial charge in [0.25, 0.3) is 0 Å². The maximum absolute atomic E-state index is 6.25. The van der Waals surface area contributed by atoms with Crippen LogP contribution in [-0.4, -0.2) is 9.55 Å². The lowest BCUT2D eigenvalue weighted by molar-refractivity contribution is 1.06. The molecule has 90 valence electrons. The number of hydrogen-bond donors (Lipinski definition) is 1. The molecule has 1 heterocycles. The van der Waals surface area contributed by atoms with E-state index in [1.807, 2.05) is 34.9 Å². The van der Waals surface area contributed by atoms with Gasteiger partial charge in [0, 0.05) is 0 Å². The Kier molecular flexibility index (Phi) is 2.73. The molecule has 0 spiro atoms. The summed E-state index contributed by atoms with van der Waals surface area (Å²) in [5.74, 6) is 0. The molecule has 0 aliphatic rings. The Balaban J connectivity index is 2.42. The lowest BCUT2D eigenvalue weighted by atomic mass is 10.2. The molecule has 2 nitrogen and oxygen atoms in total. The normalized spacial score (nSPS) is 11.0. The van der Waals surface area contributed by atoms with Crippen LogP contribution in [0.3, 0.4) is 0 Å². The molecule has 0 unspecified atom stereocenters. The molecule has 0 fully saturated rings. The van der Waals surface area contributed by atoms with Crippen LogP contribution in [0.1, 0.15) is 5.56 Å². The second-order valence-electron chi connectivity index (χ2n) is 4.24. The number of nitrogens with one attached hydrogen (secondary N) is 1. The second-order valence-corrected chi connectivity index (χ2v) is 5.03. The van der Waals surface area contributed by atoms with Crippen molar-refractivity contribution in [1.29, 1.82) is 0 Å². The molecule has 2 aromatic carbocycles. The Hall–Kier alpha value is -1.58. The van der Waals surface area contributed by atoms with E-state index in [0.29, 0.717) is 9.79 Å². The first-order valence-corrected chi connectivity index (χ1v) is 6.42. The minimum absolute atomic E-state index is 0.656. The van der Waals surface area contributed by atoms with Crippen LogP contribution >= 0.6 is 23.8 Å². The maximum Gasteiger partial charge on any atom is 0.182 e. The highest BCUT2D eigenvalue weighted by atomic mass is 35.5. The van der Waals surface area contributed by atoms with E-state index >= 15 is 0 Å². The predicted octanol–water partition coefficient (Wildman–Crippen LogP) is 4.65. The number of para-hydroxylation sites is 1. The number of fused-ring (bicyclic) bond motifs is 1. The van der Waals surface area contributed by atoms with E-state index in [9.17, 15) is 0 Å². The van der Waals surface area contributed by atoms with E-state index in [2.05, 4.69) is 24.0 Å². The Morgan fingerprint density at radius 3 is 2.72 bits per heavy atom. The molecule has 0 aliphatic heterocycles. The topological polar surface area (TPSA) is 20.7 Å². The smallest absolute Gasteiger partial charge is 0.182 e. The van der Waals surface area contributed by atoms with Crippen molar-refractivity contribution >= 4 is 34.9 Å². The molecule has 1 N–H and O–H groups in total. The predicted molar refractivity (Wildman–Crippen MR) is 78.2 cm³/mol. The lowest BCUT2D eigenvalue weighted by Crippen LogP contribution is -1.94. The summed E-state index contributed by atoms with van der Waals surface area (Å²) < 4.78 is 2.63. The van der Waals surface area contributed by atoms with Gasteiger partial charge in [-0.3, -0.25) is 4.57 Å². The van der Waals surface area contributed by atoms with Gasteiger partial charge < -0.3 is 4.98 Å². The molecule has 1 aromatic heterocycles. The van der Waals surface area contributed by atoms with Crippen molar-refractivity contribution in [1.82, 2.24) is 9.55 Å². The number of aryl methyl sites for hydroxylation is 1. The zero-order chi connectivity index (χ0) is 12.7. The van der Waals surface area contributed by atoms with Crippen LogP contribution in [0.25, 0.3) is 16.7 Å². The fourth-order valence-corrected chi connectivity index (χ4v) is 2.61. The maximum atomic E-state index is 6.25. The number of aromatic amines is 1. The largest absolute Gasteiger partial charge is 0.330 e. The summed E-state index contributed by atoms with van der Waals surface area (Å²) in [5.41, 5.74) is 4.16. The molecule has 0 bridgehead atoms. The van der Waals surface area contributed by atoms with Crippen molar-refractivity contribution in [2.45, 2.75) is 6.92 Å². The van der Waals surface area contributed by atoms with E-state index in [1.165, 1.54) is 5.56 Å². The number of nitrogens with zero attached hydrogens (tertiary/aromatic N) is 1. The monoisotopic (exact) mass is 274 g/mol.